The van der Waals surface area contributed by atoms with Crippen LogP contribution >= 0.6 is 0 Å². The fraction of sp³-hybridized carbons (Fsp3) is 0.458. The number of hydrogen-bond donors (Lipinski definition) is 1. The number of ether oxygens (including phenoxy) is 1. The van der Waals surface area contributed by atoms with Crippen LogP contribution in [-0.4, -0.2) is 24.1 Å². The normalized spacial score (nSPS) is 11.1. The summed E-state index contributed by atoms with van der Waals surface area (Å²) in [6, 6.07) is 13.5. The van der Waals surface area contributed by atoms with Crippen molar-refractivity contribution in [2.45, 2.75) is 57.8 Å². The first-order valence-electron chi connectivity index (χ1n) is 10.9. The number of pyridine rings is 1. The van der Waals surface area contributed by atoms with E-state index in [0.717, 1.165) is 31.6 Å². The van der Waals surface area contributed by atoms with E-state index in [9.17, 15) is 5.26 Å². The minimum absolute atomic E-state index is 0.236. The van der Waals surface area contributed by atoms with Gasteiger partial charge in [0.15, 0.2) is 6.19 Å². The second-order valence-corrected chi connectivity index (χ2v) is 7.22. The van der Waals surface area contributed by atoms with E-state index < -0.39 is 0 Å². The molecule has 0 aliphatic carbocycles. The van der Waals surface area contributed by atoms with Crippen LogP contribution in [0.3, 0.4) is 0 Å². The summed E-state index contributed by atoms with van der Waals surface area (Å²) in [5, 5.41) is 9.28. The molecule has 0 bridgehead atoms. The Morgan fingerprint density at radius 2 is 1.50 bits per heavy atom. The van der Waals surface area contributed by atoms with Crippen LogP contribution in [0.25, 0.3) is 0 Å². The van der Waals surface area contributed by atoms with Crippen molar-refractivity contribution in [3.8, 4) is 11.9 Å². The van der Waals surface area contributed by atoms with Crippen LogP contribution in [0.2, 0.25) is 0 Å². The van der Waals surface area contributed by atoms with Crippen molar-refractivity contribution < 1.29 is 4.74 Å². The SMILES string of the molecule is N#CN(C(N)=NCCCCCCCCCCCOc1ccccc1)c1ccncc1. The standard InChI is InChI=1S/C24H33N5O/c25-21-29(22-15-18-27-19-16-22)24(26)28-17-11-6-4-2-1-3-5-7-12-20-30-23-13-9-8-10-14-23/h8-10,13-16,18-19H,1-7,11-12,17,20H2,(H2,26,28). The molecule has 160 valence electrons. The number of aliphatic imine (C=N–C) groups is 1. The molecule has 0 amide bonds. The molecule has 6 nitrogen and oxygen atoms in total. The van der Waals surface area contributed by atoms with Gasteiger partial charge < -0.3 is 10.5 Å². The van der Waals surface area contributed by atoms with Crippen LogP contribution in [0, 0.1) is 11.5 Å². The number of unbranched alkanes of at least 4 members (excludes halogenated alkanes) is 8. The summed E-state index contributed by atoms with van der Waals surface area (Å²) in [6.45, 7) is 1.45. The van der Waals surface area contributed by atoms with E-state index in [1.165, 1.54) is 43.4 Å². The molecule has 0 saturated heterocycles. The molecule has 30 heavy (non-hydrogen) atoms. The molecule has 1 heterocycles. The fourth-order valence-electron chi connectivity index (χ4n) is 3.16. The average Bonchev–Trinajstić information content (AvgIpc) is 2.79. The lowest BCUT2D eigenvalue weighted by Gasteiger charge is -2.13. The highest BCUT2D eigenvalue weighted by atomic mass is 16.5. The van der Waals surface area contributed by atoms with E-state index in [1.807, 2.05) is 30.3 Å². The van der Waals surface area contributed by atoms with Gasteiger partial charge in [-0.15, -0.1) is 0 Å². The Labute approximate surface area is 180 Å². The Bertz CT molecular complexity index is 758. The number of benzene rings is 1. The van der Waals surface area contributed by atoms with Crippen LogP contribution < -0.4 is 15.4 Å². The Balaban J connectivity index is 1.42. The van der Waals surface area contributed by atoms with Crippen LogP contribution in [-0.2, 0) is 0 Å². The maximum Gasteiger partial charge on any atom is 0.209 e. The highest BCUT2D eigenvalue weighted by molar-refractivity contribution is 5.97. The number of nitriles is 1. The lowest BCUT2D eigenvalue weighted by Crippen LogP contribution is -2.33. The molecule has 2 rings (SSSR count). The summed E-state index contributed by atoms with van der Waals surface area (Å²) >= 11 is 0. The molecule has 0 fully saturated rings. The monoisotopic (exact) mass is 407 g/mol. The van der Waals surface area contributed by atoms with Crippen molar-refractivity contribution in [3.63, 3.8) is 0 Å². The Hall–Kier alpha value is -3.07. The highest BCUT2D eigenvalue weighted by Crippen LogP contribution is 2.13. The number of nitrogens with two attached hydrogens (primary N) is 1. The molecule has 0 radical (unpaired) electrons. The minimum Gasteiger partial charge on any atom is -0.494 e. The van der Waals surface area contributed by atoms with E-state index in [1.54, 1.807) is 24.5 Å². The van der Waals surface area contributed by atoms with Gasteiger partial charge >= 0.3 is 0 Å². The van der Waals surface area contributed by atoms with E-state index in [4.69, 9.17) is 10.5 Å². The molecule has 2 N–H and O–H groups in total. The second-order valence-electron chi connectivity index (χ2n) is 7.22. The van der Waals surface area contributed by atoms with Crippen LogP contribution in [0.4, 0.5) is 5.69 Å². The van der Waals surface area contributed by atoms with Crippen molar-refractivity contribution in [1.29, 1.82) is 5.26 Å². The maximum atomic E-state index is 9.28. The van der Waals surface area contributed by atoms with E-state index in [0.29, 0.717) is 12.2 Å². The number of nitrogens with zero attached hydrogens (tertiary/aromatic N) is 4. The highest BCUT2D eigenvalue weighted by Gasteiger charge is 2.08. The minimum atomic E-state index is 0.236. The van der Waals surface area contributed by atoms with Crippen LogP contribution in [0.15, 0.2) is 59.9 Å². The molecular formula is C24H33N5O. The smallest absolute Gasteiger partial charge is 0.209 e. The first kappa shape index (κ1) is 23.2. The average molecular weight is 408 g/mol. The third-order valence-electron chi connectivity index (χ3n) is 4.84. The topological polar surface area (TPSA) is 87.5 Å². The molecule has 2 aromatic rings. The van der Waals surface area contributed by atoms with Crippen molar-refractivity contribution in [2.24, 2.45) is 10.7 Å². The largest absolute Gasteiger partial charge is 0.494 e. The van der Waals surface area contributed by atoms with Gasteiger partial charge in [0.05, 0.1) is 12.3 Å². The van der Waals surface area contributed by atoms with E-state index >= 15 is 0 Å². The Morgan fingerprint density at radius 1 is 0.900 bits per heavy atom. The number of guanidine groups is 1. The van der Waals surface area contributed by atoms with Gasteiger partial charge in [-0.1, -0.05) is 63.1 Å². The maximum absolute atomic E-state index is 9.28. The predicted octanol–water partition coefficient (Wildman–Crippen LogP) is 5.27. The molecule has 0 aliphatic heterocycles. The Kier molecular flexibility index (Phi) is 11.5. The molecule has 1 aromatic carbocycles. The molecule has 0 saturated carbocycles. The van der Waals surface area contributed by atoms with Gasteiger partial charge in [0.1, 0.15) is 5.75 Å². The van der Waals surface area contributed by atoms with Crippen LogP contribution in [0.5, 0.6) is 5.75 Å². The number of para-hydroxylation sites is 1. The first-order valence-corrected chi connectivity index (χ1v) is 10.9. The quantitative estimate of drug-likeness (QED) is 0.151. The van der Waals surface area contributed by atoms with Gasteiger partial charge in [0, 0.05) is 18.9 Å². The molecule has 0 unspecified atom stereocenters. The van der Waals surface area contributed by atoms with Crippen molar-refractivity contribution in [3.05, 3.63) is 54.9 Å². The molecule has 0 aliphatic rings. The summed E-state index contributed by atoms with van der Waals surface area (Å²) in [5.41, 5.74) is 6.63. The van der Waals surface area contributed by atoms with E-state index in [-0.39, 0.29) is 5.96 Å². The number of rotatable bonds is 14. The summed E-state index contributed by atoms with van der Waals surface area (Å²) in [6.07, 6.45) is 16.1. The molecular weight excluding hydrogens is 374 g/mol. The Morgan fingerprint density at radius 3 is 2.13 bits per heavy atom. The molecule has 0 spiro atoms. The number of aromatic nitrogens is 1. The third kappa shape index (κ3) is 9.42. The van der Waals surface area contributed by atoms with Gasteiger partial charge in [-0.3, -0.25) is 9.98 Å². The summed E-state index contributed by atoms with van der Waals surface area (Å²) in [5.74, 6) is 1.20. The first-order chi connectivity index (χ1) is 14.8. The lowest BCUT2D eigenvalue weighted by atomic mass is 10.1. The van der Waals surface area contributed by atoms with E-state index in [2.05, 4.69) is 16.2 Å². The summed E-state index contributed by atoms with van der Waals surface area (Å²) < 4.78 is 5.71. The zero-order chi connectivity index (χ0) is 21.3. The summed E-state index contributed by atoms with van der Waals surface area (Å²) in [7, 11) is 0. The number of anilines is 1. The third-order valence-corrected chi connectivity index (χ3v) is 4.84. The van der Waals surface area contributed by atoms with Gasteiger partial charge in [0.25, 0.3) is 0 Å². The van der Waals surface area contributed by atoms with Crippen molar-refractivity contribution >= 4 is 11.6 Å². The lowest BCUT2D eigenvalue weighted by molar-refractivity contribution is 0.304. The van der Waals surface area contributed by atoms with Gasteiger partial charge in [0.2, 0.25) is 5.96 Å². The van der Waals surface area contributed by atoms with Crippen molar-refractivity contribution in [1.82, 2.24) is 4.98 Å². The molecule has 0 atom stereocenters. The number of hydrogen-bond acceptors (Lipinski definition) is 4. The van der Waals surface area contributed by atoms with Gasteiger partial charge in [-0.2, -0.15) is 5.26 Å². The van der Waals surface area contributed by atoms with Gasteiger partial charge in [-0.05, 0) is 37.1 Å². The zero-order valence-corrected chi connectivity index (χ0v) is 17.7. The fourth-order valence-corrected chi connectivity index (χ4v) is 3.16. The predicted molar refractivity (Wildman–Crippen MR) is 122 cm³/mol. The molecule has 1 aromatic heterocycles. The molecule has 6 heteroatoms. The zero-order valence-electron chi connectivity index (χ0n) is 17.7. The summed E-state index contributed by atoms with van der Waals surface area (Å²) in [4.78, 5) is 9.61. The second kappa shape index (κ2) is 14.9. The van der Waals surface area contributed by atoms with Crippen molar-refractivity contribution in [2.75, 3.05) is 18.1 Å². The van der Waals surface area contributed by atoms with Crippen LogP contribution in [0.1, 0.15) is 57.8 Å². The van der Waals surface area contributed by atoms with Gasteiger partial charge in [-0.25, -0.2) is 4.90 Å².